The third-order valence-corrected chi connectivity index (χ3v) is 5.77. The molecule has 0 aromatic carbocycles. The van der Waals surface area contributed by atoms with Gasteiger partial charge in [0.05, 0.1) is 4.90 Å². The minimum absolute atomic E-state index is 0.0636. The maximum absolute atomic E-state index is 12.4. The molecule has 1 fully saturated rings. The molecule has 2 rings (SSSR count). The molecule has 1 heterocycles. The van der Waals surface area contributed by atoms with E-state index in [1.54, 1.807) is 13.1 Å². The molecule has 0 aliphatic heterocycles. The fourth-order valence-electron chi connectivity index (χ4n) is 2.84. The third-order valence-electron chi connectivity index (χ3n) is 4.37. The van der Waals surface area contributed by atoms with Crippen molar-refractivity contribution in [1.82, 2.24) is 14.6 Å². The van der Waals surface area contributed by atoms with Gasteiger partial charge in [0.1, 0.15) is 5.82 Å². The van der Waals surface area contributed by atoms with Gasteiger partial charge in [-0.1, -0.05) is 12.8 Å². The highest BCUT2D eigenvalue weighted by molar-refractivity contribution is 7.89. The largest absolute Gasteiger partial charge is 0.373 e. The molecule has 0 saturated heterocycles. The molecule has 1 aromatic heterocycles. The van der Waals surface area contributed by atoms with Gasteiger partial charge in [-0.05, 0) is 33.0 Å². The van der Waals surface area contributed by atoms with Crippen molar-refractivity contribution in [2.45, 2.75) is 36.1 Å². The number of nitrogens with zero attached hydrogens (tertiary/aromatic N) is 2. The molecule has 118 valence electrons. The lowest BCUT2D eigenvalue weighted by atomic mass is 9.97. The zero-order chi connectivity index (χ0) is 15.5. The van der Waals surface area contributed by atoms with E-state index in [4.69, 9.17) is 0 Å². The van der Waals surface area contributed by atoms with Gasteiger partial charge in [-0.2, -0.15) is 0 Å². The number of pyridine rings is 1. The van der Waals surface area contributed by atoms with Crippen LogP contribution in [0, 0.1) is 0 Å². The lowest BCUT2D eigenvalue weighted by Gasteiger charge is -2.36. The summed E-state index contributed by atoms with van der Waals surface area (Å²) in [4.78, 5) is 6.43. The van der Waals surface area contributed by atoms with E-state index < -0.39 is 10.0 Å². The van der Waals surface area contributed by atoms with Gasteiger partial charge in [-0.3, -0.25) is 0 Å². The highest BCUT2D eigenvalue weighted by Crippen LogP contribution is 2.33. The monoisotopic (exact) mass is 312 g/mol. The first-order chi connectivity index (χ1) is 9.89. The van der Waals surface area contributed by atoms with Crippen LogP contribution in [0.1, 0.15) is 25.7 Å². The van der Waals surface area contributed by atoms with Crippen LogP contribution in [-0.2, 0) is 10.0 Å². The Labute approximate surface area is 127 Å². The Balaban J connectivity index is 2.13. The van der Waals surface area contributed by atoms with E-state index in [-0.39, 0.29) is 10.4 Å². The van der Waals surface area contributed by atoms with Crippen LogP contribution in [0.4, 0.5) is 5.82 Å². The number of sulfonamides is 1. The van der Waals surface area contributed by atoms with Gasteiger partial charge in [-0.15, -0.1) is 0 Å². The van der Waals surface area contributed by atoms with Crippen LogP contribution >= 0.6 is 0 Å². The van der Waals surface area contributed by atoms with E-state index >= 15 is 0 Å². The van der Waals surface area contributed by atoms with Crippen LogP contribution in [0.3, 0.4) is 0 Å². The molecule has 0 radical (unpaired) electrons. The Morgan fingerprint density at radius 3 is 2.57 bits per heavy atom. The van der Waals surface area contributed by atoms with Gasteiger partial charge in [0.2, 0.25) is 10.0 Å². The number of likely N-dealkylation sites (N-methyl/N-ethyl adjacent to an activating group) is 1. The smallest absolute Gasteiger partial charge is 0.240 e. The summed E-state index contributed by atoms with van der Waals surface area (Å²) in [5.74, 6) is 0.543. The van der Waals surface area contributed by atoms with Gasteiger partial charge >= 0.3 is 0 Å². The molecule has 2 N–H and O–H groups in total. The van der Waals surface area contributed by atoms with Gasteiger partial charge in [0.15, 0.2) is 0 Å². The molecule has 1 aliphatic carbocycles. The highest BCUT2D eigenvalue weighted by atomic mass is 32.2. The molecule has 1 aromatic rings. The predicted molar refractivity (Wildman–Crippen MR) is 83.9 cm³/mol. The SMILES string of the molecule is CNc1cc(S(=O)(=O)NCC2(N(C)C)CCCC2)ccn1. The summed E-state index contributed by atoms with van der Waals surface area (Å²) in [5.41, 5.74) is -0.0636. The van der Waals surface area contributed by atoms with Crippen molar-refractivity contribution in [3.05, 3.63) is 18.3 Å². The lowest BCUT2D eigenvalue weighted by molar-refractivity contribution is 0.162. The topological polar surface area (TPSA) is 74.3 Å². The Morgan fingerprint density at radius 1 is 1.33 bits per heavy atom. The summed E-state index contributed by atoms with van der Waals surface area (Å²) in [7, 11) is 2.24. The normalized spacial score (nSPS) is 18.1. The molecule has 0 unspecified atom stereocenters. The summed E-state index contributed by atoms with van der Waals surface area (Å²) in [5, 5.41) is 2.85. The quantitative estimate of drug-likeness (QED) is 0.827. The van der Waals surface area contributed by atoms with E-state index in [1.165, 1.54) is 12.3 Å². The molecular weight excluding hydrogens is 288 g/mol. The molecule has 7 heteroatoms. The standard InChI is InChI=1S/C14H24N4O2S/c1-15-13-10-12(6-9-16-13)21(19,20)17-11-14(18(2)3)7-4-5-8-14/h6,9-10,17H,4-5,7-8,11H2,1-3H3,(H,15,16). The first kappa shape index (κ1) is 16.2. The van der Waals surface area contributed by atoms with E-state index in [2.05, 4.69) is 19.9 Å². The lowest BCUT2D eigenvalue weighted by Crippen LogP contribution is -2.50. The predicted octanol–water partition coefficient (Wildman–Crippen LogP) is 1.28. The maximum atomic E-state index is 12.4. The number of aromatic nitrogens is 1. The van der Waals surface area contributed by atoms with Gasteiger partial charge in [-0.25, -0.2) is 18.1 Å². The van der Waals surface area contributed by atoms with E-state index in [1.807, 2.05) is 14.1 Å². The van der Waals surface area contributed by atoms with E-state index in [0.29, 0.717) is 12.4 Å². The summed E-state index contributed by atoms with van der Waals surface area (Å²) >= 11 is 0. The summed E-state index contributed by atoms with van der Waals surface area (Å²) in [6, 6.07) is 3.06. The third kappa shape index (κ3) is 3.53. The van der Waals surface area contributed by atoms with E-state index in [9.17, 15) is 8.42 Å². The Kier molecular flexibility index (Phi) is 4.85. The first-order valence-electron chi connectivity index (χ1n) is 7.20. The highest BCUT2D eigenvalue weighted by Gasteiger charge is 2.36. The Bertz CT molecular complexity index is 580. The molecule has 0 atom stereocenters. The zero-order valence-electron chi connectivity index (χ0n) is 12.9. The maximum Gasteiger partial charge on any atom is 0.240 e. The van der Waals surface area contributed by atoms with Crippen LogP contribution in [0.2, 0.25) is 0 Å². The van der Waals surface area contributed by atoms with Gasteiger partial charge < -0.3 is 10.2 Å². The molecule has 21 heavy (non-hydrogen) atoms. The second kappa shape index (κ2) is 6.29. The molecule has 0 spiro atoms. The summed E-state index contributed by atoms with van der Waals surface area (Å²) in [6.07, 6.45) is 5.86. The van der Waals surface area contributed by atoms with Gasteiger partial charge in [0, 0.05) is 31.4 Å². The Hall–Kier alpha value is -1.18. The second-order valence-electron chi connectivity index (χ2n) is 5.78. The first-order valence-corrected chi connectivity index (χ1v) is 8.69. The zero-order valence-corrected chi connectivity index (χ0v) is 13.7. The van der Waals surface area contributed by atoms with Crippen LogP contribution < -0.4 is 10.0 Å². The number of rotatable bonds is 6. The minimum atomic E-state index is -3.51. The number of nitrogens with one attached hydrogen (secondary N) is 2. The van der Waals surface area contributed by atoms with Gasteiger partial charge in [0.25, 0.3) is 0 Å². The Morgan fingerprint density at radius 2 is 2.00 bits per heavy atom. The van der Waals surface area contributed by atoms with Crippen LogP contribution in [0.15, 0.2) is 23.2 Å². The summed E-state index contributed by atoms with van der Waals surface area (Å²) < 4.78 is 27.6. The number of hydrogen-bond acceptors (Lipinski definition) is 5. The minimum Gasteiger partial charge on any atom is -0.373 e. The second-order valence-corrected chi connectivity index (χ2v) is 7.54. The average Bonchev–Trinajstić information content (AvgIpc) is 2.96. The average molecular weight is 312 g/mol. The van der Waals surface area contributed by atoms with Crippen molar-refractivity contribution in [2.24, 2.45) is 0 Å². The van der Waals surface area contributed by atoms with Crippen molar-refractivity contribution in [3.8, 4) is 0 Å². The molecule has 1 aliphatic rings. The van der Waals surface area contributed by atoms with Crippen LogP contribution in [0.25, 0.3) is 0 Å². The van der Waals surface area contributed by atoms with Crippen LogP contribution in [-0.4, -0.2) is 51.5 Å². The van der Waals surface area contributed by atoms with Crippen molar-refractivity contribution < 1.29 is 8.42 Å². The fourth-order valence-corrected chi connectivity index (χ4v) is 3.98. The number of hydrogen-bond donors (Lipinski definition) is 2. The van der Waals surface area contributed by atoms with E-state index in [0.717, 1.165) is 25.7 Å². The van der Waals surface area contributed by atoms with Crippen molar-refractivity contribution in [3.63, 3.8) is 0 Å². The fraction of sp³-hybridized carbons (Fsp3) is 0.643. The van der Waals surface area contributed by atoms with Crippen LogP contribution in [0.5, 0.6) is 0 Å². The number of anilines is 1. The molecule has 6 nitrogen and oxygen atoms in total. The molecule has 0 bridgehead atoms. The van der Waals surface area contributed by atoms with Crippen molar-refractivity contribution in [1.29, 1.82) is 0 Å². The molecule has 0 amide bonds. The molecule has 1 saturated carbocycles. The van der Waals surface area contributed by atoms with Crippen molar-refractivity contribution >= 4 is 15.8 Å². The van der Waals surface area contributed by atoms with Crippen molar-refractivity contribution in [2.75, 3.05) is 33.0 Å². The molecular formula is C14H24N4O2S. The summed E-state index contributed by atoms with van der Waals surface area (Å²) in [6.45, 7) is 0.444.